The molecule has 32 heavy (non-hydrogen) atoms. The molecule has 0 bridgehead atoms. The summed E-state index contributed by atoms with van der Waals surface area (Å²) in [4.78, 5) is 17.0. The van der Waals surface area contributed by atoms with Crippen LogP contribution in [-0.2, 0) is 25.9 Å². The zero-order valence-corrected chi connectivity index (χ0v) is 21.6. The summed E-state index contributed by atoms with van der Waals surface area (Å²) >= 11 is 0. The maximum absolute atomic E-state index is 12.4. The summed E-state index contributed by atoms with van der Waals surface area (Å²) in [6.07, 6.45) is 4.67. The van der Waals surface area contributed by atoms with E-state index in [-0.39, 0.29) is 29.7 Å². The van der Waals surface area contributed by atoms with Crippen molar-refractivity contribution >= 4 is 29.9 Å². The molecule has 0 fully saturated rings. The quantitative estimate of drug-likeness (QED) is 0.201. The molecule has 1 aromatic heterocycles. The summed E-state index contributed by atoms with van der Waals surface area (Å²) in [5, 5.41) is 11.1. The van der Waals surface area contributed by atoms with Gasteiger partial charge in [-0.1, -0.05) is 6.07 Å². The number of nitrogens with one attached hydrogen (secondary N) is 2. The van der Waals surface area contributed by atoms with E-state index in [1.54, 1.807) is 18.9 Å². The number of rotatable bonds is 10. The Hall–Kier alpha value is -2.24. The first-order valence-corrected chi connectivity index (χ1v) is 11.1. The molecule has 0 saturated heterocycles. The Labute approximate surface area is 206 Å². The van der Waals surface area contributed by atoms with Crippen molar-refractivity contribution in [3.63, 3.8) is 0 Å². The van der Waals surface area contributed by atoms with Gasteiger partial charge in [0.15, 0.2) is 17.5 Å². The van der Waals surface area contributed by atoms with Crippen LogP contribution in [0, 0.1) is 0 Å². The highest BCUT2D eigenvalue weighted by atomic mass is 127. The fourth-order valence-corrected chi connectivity index (χ4v) is 3.71. The largest absolute Gasteiger partial charge is 0.493 e. The van der Waals surface area contributed by atoms with Gasteiger partial charge in [0.05, 0.1) is 14.2 Å². The lowest BCUT2D eigenvalue weighted by Gasteiger charge is -2.12. The lowest BCUT2D eigenvalue weighted by Crippen LogP contribution is -2.38. The number of aromatic nitrogens is 3. The molecule has 0 unspecified atom stereocenters. The summed E-state index contributed by atoms with van der Waals surface area (Å²) in [6, 6.07) is 5.95. The lowest BCUT2D eigenvalue weighted by atomic mass is 10.1. The van der Waals surface area contributed by atoms with Crippen molar-refractivity contribution in [3.05, 3.63) is 40.1 Å². The van der Waals surface area contributed by atoms with E-state index in [2.05, 4.69) is 20.7 Å². The summed E-state index contributed by atoms with van der Waals surface area (Å²) < 4.78 is 14.1. The van der Waals surface area contributed by atoms with Crippen LogP contribution in [0.1, 0.15) is 37.6 Å². The first-order chi connectivity index (χ1) is 15.2. The highest BCUT2D eigenvalue weighted by Gasteiger charge is 2.16. The van der Waals surface area contributed by atoms with Crippen LogP contribution < -0.4 is 25.8 Å². The first kappa shape index (κ1) is 26.0. The van der Waals surface area contributed by atoms with Crippen LogP contribution >= 0.6 is 24.0 Å². The van der Waals surface area contributed by atoms with Crippen LogP contribution in [0.2, 0.25) is 0 Å². The van der Waals surface area contributed by atoms with E-state index in [1.165, 1.54) is 0 Å². The fraction of sp³-hybridized carbons (Fsp3) is 0.591. The molecule has 2 aromatic rings. The Morgan fingerprint density at radius 1 is 1.19 bits per heavy atom. The van der Waals surface area contributed by atoms with Gasteiger partial charge in [0.2, 0.25) is 0 Å². The monoisotopic (exact) mass is 558 g/mol. The normalized spacial score (nSPS) is 13.2. The SMILES string of the molecule is CCNC(=NCCCn1nc2n(c1=O)CCCC2)NCCc1ccc(OC)c(OC)c1.I. The van der Waals surface area contributed by atoms with Crippen LogP contribution in [0.3, 0.4) is 0 Å². The van der Waals surface area contributed by atoms with Gasteiger partial charge >= 0.3 is 5.69 Å². The maximum atomic E-state index is 12.4. The van der Waals surface area contributed by atoms with Gasteiger partial charge in [0.1, 0.15) is 5.82 Å². The van der Waals surface area contributed by atoms with Gasteiger partial charge in [-0.2, -0.15) is 5.10 Å². The molecule has 0 atom stereocenters. The Balaban J connectivity index is 0.00000363. The zero-order chi connectivity index (χ0) is 22.1. The molecule has 1 aliphatic rings. The molecule has 9 nitrogen and oxygen atoms in total. The molecule has 10 heteroatoms. The number of ether oxygens (including phenoxy) is 2. The fourth-order valence-electron chi connectivity index (χ4n) is 3.71. The number of fused-ring (bicyclic) bond motifs is 1. The lowest BCUT2D eigenvalue weighted by molar-refractivity contribution is 0.354. The van der Waals surface area contributed by atoms with Crippen molar-refractivity contribution in [2.45, 2.75) is 52.1 Å². The Morgan fingerprint density at radius 2 is 2.00 bits per heavy atom. The van der Waals surface area contributed by atoms with Crippen LogP contribution in [0.15, 0.2) is 28.0 Å². The second kappa shape index (κ2) is 13.3. The number of nitrogens with zero attached hydrogens (tertiary/aromatic N) is 4. The Kier molecular flexibility index (Phi) is 10.8. The highest BCUT2D eigenvalue weighted by molar-refractivity contribution is 14.0. The van der Waals surface area contributed by atoms with E-state index in [4.69, 9.17) is 9.47 Å². The van der Waals surface area contributed by atoms with E-state index < -0.39 is 0 Å². The second-order valence-electron chi connectivity index (χ2n) is 7.51. The zero-order valence-electron chi connectivity index (χ0n) is 19.2. The molecule has 0 spiro atoms. The number of aryl methyl sites for hydroxylation is 2. The van der Waals surface area contributed by atoms with E-state index in [9.17, 15) is 4.79 Å². The van der Waals surface area contributed by atoms with Crippen LogP contribution in [0.25, 0.3) is 0 Å². The minimum absolute atomic E-state index is 0. The number of aliphatic imine (C=N–C) groups is 1. The van der Waals surface area contributed by atoms with Crippen LogP contribution in [-0.4, -0.2) is 54.2 Å². The third-order valence-electron chi connectivity index (χ3n) is 5.33. The molecule has 0 saturated carbocycles. The highest BCUT2D eigenvalue weighted by Crippen LogP contribution is 2.27. The number of methoxy groups -OCH3 is 2. The van der Waals surface area contributed by atoms with Crippen molar-refractivity contribution < 1.29 is 9.47 Å². The molecular weight excluding hydrogens is 523 g/mol. The molecule has 178 valence electrons. The number of guanidine groups is 1. The molecular formula is C22H35IN6O3. The van der Waals surface area contributed by atoms with Gasteiger partial charge in [0, 0.05) is 39.1 Å². The molecule has 0 radical (unpaired) electrons. The predicted octanol–water partition coefficient (Wildman–Crippen LogP) is 2.20. The van der Waals surface area contributed by atoms with E-state index >= 15 is 0 Å². The number of halogens is 1. The van der Waals surface area contributed by atoms with Crippen molar-refractivity contribution in [2.24, 2.45) is 4.99 Å². The van der Waals surface area contributed by atoms with Gasteiger partial charge in [-0.05, 0) is 50.3 Å². The third kappa shape index (κ3) is 6.88. The molecule has 0 aliphatic carbocycles. The first-order valence-electron chi connectivity index (χ1n) is 11.1. The minimum atomic E-state index is 0. The average Bonchev–Trinajstić information content (AvgIpc) is 3.12. The average molecular weight is 558 g/mol. The maximum Gasteiger partial charge on any atom is 0.345 e. The van der Waals surface area contributed by atoms with E-state index in [0.29, 0.717) is 13.1 Å². The van der Waals surface area contributed by atoms with Crippen molar-refractivity contribution in [1.29, 1.82) is 0 Å². The van der Waals surface area contributed by atoms with E-state index in [1.807, 2.05) is 29.7 Å². The van der Waals surface area contributed by atoms with Gasteiger partial charge in [-0.15, -0.1) is 24.0 Å². The van der Waals surface area contributed by atoms with Gasteiger partial charge in [-0.3, -0.25) is 9.56 Å². The summed E-state index contributed by atoms with van der Waals surface area (Å²) in [7, 11) is 3.28. The Morgan fingerprint density at radius 3 is 2.72 bits per heavy atom. The smallest absolute Gasteiger partial charge is 0.345 e. The number of hydrogen-bond donors (Lipinski definition) is 2. The molecule has 2 N–H and O–H groups in total. The number of hydrogen-bond acceptors (Lipinski definition) is 5. The van der Waals surface area contributed by atoms with Gasteiger partial charge in [0.25, 0.3) is 0 Å². The predicted molar refractivity (Wildman–Crippen MR) is 137 cm³/mol. The number of benzene rings is 1. The summed E-state index contributed by atoms with van der Waals surface area (Å²) in [5.74, 6) is 3.16. The summed E-state index contributed by atoms with van der Waals surface area (Å²) in [6.45, 7) is 5.58. The van der Waals surface area contributed by atoms with Crippen LogP contribution in [0.4, 0.5) is 0 Å². The standard InChI is InChI=1S/C22H34N6O3.HI/c1-4-23-21(25-13-11-17-9-10-18(30-2)19(16-17)31-3)24-12-7-15-28-22(29)27-14-6-5-8-20(27)26-28;/h9-10,16H,4-8,11-15H2,1-3H3,(H2,23,24,25);1H. The van der Waals surface area contributed by atoms with Crippen molar-refractivity contribution in [1.82, 2.24) is 25.0 Å². The third-order valence-corrected chi connectivity index (χ3v) is 5.33. The molecule has 1 aliphatic heterocycles. The molecule has 3 rings (SSSR count). The van der Waals surface area contributed by atoms with Gasteiger partial charge < -0.3 is 20.1 Å². The van der Waals surface area contributed by atoms with Crippen molar-refractivity contribution in [3.8, 4) is 11.5 Å². The Bertz CT molecular complexity index is 940. The topological polar surface area (TPSA) is 94.7 Å². The van der Waals surface area contributed by atoms with Gasteiger partial charge in [-0.25, -0.2) is 9.48 Å². The molecule has 0 amide bonds. The van der Waals surface area contributed by atoms with Crippen molar-refractivity contribution in [2.75, 3.05) is 33.9 Å². The molecule has 2 heterocycles. The minimum Gasteiger partial charge on any atom is -0.493 e. The second-order valence-corrected chi connectivity index (χ2v) is 7.51. The summed E-state index contributed by atoms with van der Waals surface area (Å²) in [5.41, 5.74) is 1.17. The van der Waals surface area contributed by atoms with E-state index in [0.717, 1.165) is 80.6 Å². The van der Waals surface area contributed by atoms with Crippen LogP contribution in [0.5, 0.6) is 11.5 Å². The molecule has 1 aromatic carbocycles.